The van der Waals surface area contributed by atoms with Gasteiger partial charge in [0.25, 0.3) is 0 Å². The minimum atomic E-state index is 0.195. The van der Waals surface area contributed by atoms with Crippen molar-refractivity contribution in [2.45, 2.75) is 39.7 Å². The van der Waals surface area contributed by atoms with Crippen LogP contribution in [0.1, 0.15) is 33.6 Å². The second kappa shape index (κ2) is 5.80. The van der Waals surface area contributed by atoms with E-state index in [0.717, 1.165) is 30.1 Å². The SMILES string of the molecule is CC(C)=CCCC(C)Oc1ccc2c(c1)OCO2. The minimum absolute atomic E-state index is 0.195. The molecule has 18 heavy (non-hydrogen) atoms. The van der Waals surface area contributed by atoms with E-state index in [1.54, 1.807) is 0 Å². The summed E-state index contributed by atoms with van der Waals surface area (Å²) in [5.41, 5.74) is 1.35. The van der Waals surface area contributed by atoms with E-state index in [0.29, 0.717) is 6.79 Å². The van der Waals surface area contributed by atoms with Crippen molar-refractivity contribution in [3.63, 3.8) is 0 Å². The number of allylic oxidation sites excluding steroid dienone is 2. The molecule has 0 radical (unpaired) electrons. The van der Waals surface area contributed by atoms with E-state index in [1.807, 2.05) is 18.2 Å². The van der Waals surface area contributed by atoms with Gasteiger partial charge in [-0.05, 0) is 45.7 Å². The normalized spacial score (nSPS) is 14.2. The maximum Gasteiger partial charge on any atom is 0.231 e. The maximum absolute atomic E-state index is 5.86. The molecule has 1 unspecified atom stereocenters. The van der Waals surface area contributed by atoms with Crippen molar-refractivity contribution in [3.8, 4) is 17.2 Å². The average molecular weight is 248 g/mol. The molecule has 0 fully saturated rings. The van der Waals surface area contributed by atoms with E-state index in [9.17, 15) is 0 Å². The van der Waals surface area contributed by atoms with Gasteiger partial charge in [0.05, 0.1) is 6.10 Å². The third-order valence-corrected chi connectivity index (χ3v) is 2.81. The summed E-state index contributed by atoms with van der Waals surface area (Å²) < 4.78 is 16.4. The molecule has 0 amide bonds. The van der Waals surface area contributed by atoms with Gasteiger partial charge in [-0.15, -0.1) is 0 Å². The summed E-state index contributed by atoms with van der Waals surface area (Å²) in [4.78, 5) is 0. The zero-order valence-corrected chi connectivity index (χ0v) is 11.2. The summed E-state index contributed by atoms with van der Waals surface area (Å²) in [6.45, 7) is 6.62. The number of hydrogen-bond donors (Lipinski definition) is 0. The minimum Gasteiger partial charge on any atom is -0.491 e. The summed E-state index contributed by atoms with van der Waals surface area (Å²) >= 11 is 0. The molecule has 3 heteroatoms. The van der Waals surface area contributed by atoms with Crippen LogP contribution in [-0.4, -0.2) is 12.9 Å². The highest BCUT2D eigenvalue weighted by Crippen LogP contribution is 2.35. The Balaban J connectivity index is 1.87. The predicted molar refractivity (Wildman–Crippen MR) is 71.3 cm³/mol. The zero-order chi connectivity index (χ0) is 13.0. The van der Waals surface area contributed by atoms with E-state index in [4.69, 9.17) is 14.2 Å². The summed E-state index contributed by atoms with van der Waals surface area (Å²) in [6.07, 6.45) is 4.49. The lowest BCUT2D eigenvalue weighted by atomic mass is 10.2. The van der Waals surface area contributed by atoms with Crippen molar-refractivity contribution in [1.29, 1.82) is 0 Å². The van der Waals surface area contributed by atoms with Crippen LogP contribution in [0.5, 0.6) is 17.2 Å². The van der Waals surface area contributed by atoms with Crippen molar-refractivity contribution >= 4 is 0 Å². The van der Waals surface area contributed by atoms with Gasteiger partial charge in [-0.3, -0.25) is 0 Å². The van der Waals surface area contributed by atoms with Gasteiger partial charge in [0.2, 0.25) is 6.79 Å². The monoisotopic (exact) mass is 248 g/mol. The standard InChI is InChI=1S/C15H20O3/c1-11(2)5-4-6-12(3)18-13-7-8-14-15(9-13)17-10-16-14/h5,7-9,12H,4,6,10H2,1-3H3. The summed E-state index contributed by atoms with van der Waals surface area (Å²) in [5.74, 6) is 2.40. The molecule has 0 N–H and O–H groups in total. The summed E-state index contributed by atoms with van der Waals surface area (Å²) in [5, 5.41) is 0. The second-order valence-corrected chi connectivity index (χ2v) is 4.80. The Morgan fingerprint density at radius 3 is 2.89 bits per heavy atom. The molecule has 0 aromatic heterocycles. The first kappa shape index (κ1) is 12.8. The Kier molecular flexibility index (Phi) is 4.13. The number of hydrogen-bond acceptors (Lipinski definition) is 3. The van der Waals surface area contributed by atoms with E-state index in [1.165, 1.54) is 5.57 Å². The van der Waals surface area contributed by atoms with Crippen molar-refractivity contribution in [1.82, 2.24) is 0 Å². The molecule has 1 heterocycles. The Bertz CT molecular complexity index is 433. The van der Waals surface area contributed by atoms with Crippen LogP contribution in [0.3, 0.4) is 0 Å². The van der Waals surface area contributed by atoms with Crippen molar-refractivity contribution in [2.24, 2.45) is 0 Å². The van der Waals surface area contributed by atoms with Crippen molar-refractivity contribution in [3.05, 3.63) is 29.8 Å². The lowest BCUT2D eigenvalue weighted by Gasteiger charge is -2.14. The van der Waals surface area contributed by atoms with Crippen LogP contribution in [0, 0.1) is 0 Å². The van der Waals surface area contributed by atoms with Gasteiger partial charge < -0.3 is 14.2 Å². The van der Waals surface area contributed by atoms with Crippen LogP contribution in [0.2, 0.25) is 0 Å². The van der Waals surface area contributed by atoms with Crippen molar-refractivity contribution in [2.75, 3.05) is 6.79 Å². The fourth-order valence-electron chi connectivity index (χ4n) is 1.85. The fraction of sp³-hybridized carbons (Fsp3) is 0.467. The lowest BCUT2D eigenvalue weighted by Crippen LogP contribution is -2.11. The molecule has 2 rings (SSSR count). The molecule has 0 spiro atoms. The van der Waals surface area contributed by atoms with Gasteiger partial charge in [-0.1, -0.05) is 11.6 Å². The van der Waals surface area contributed by atoms with Crippen LogP contribution >= 0.6 is 0 Å². The molecule has 0 bridgehead atoms. The first-order chi connectivity index (χ1) is 8.65. The molecule has 1 aliphatic heterocycles. The van der Waals surface area contributed by atoms with Gasteiger partial charge in [0.1, 0.15) is 5.75 Å². The highest BCUT2D eigenvalue weighted by molar-refractivity contribution is 5.46. The Labute approximate surface area is 108 Å². The van der Waals surface area contributed by atoms with E-state index >= 15 is 0 Å². The Hall–Kier alpha value is -1.64. The van der Waals surface area contributed by atoms with Gasteiger partial charge in [-0.25, -0.2) is 0 Å². The fourth-order valence-corrected chi connectivity index (χ4v) is 1.85. The first-order valence-electron chi connectivity index (χ1n) is 6.35. The lowest BCUT2D eigenvalue weighted by molar-refractivity contribution is 0.173. The molecule has 1 aliphatic rings. The summed E-state index contributed by atoms with van der Waals surface area (Å²) in [7, 11) is 0. The topological polar surface area (TPSA) is 27.7 Å². The van der Waals surface area contributed by atoms with Gasteiger partial charge in [0.15, 0.2) is 11.5 Å². The zero-order valence-electron chi connectivity index (χ0n) is 11.2. The smallest absolute Gasteiger partial charge is 0.231 e. The van der Waals surface area contributed by atoms with Gasteiger partial charge in [-0.2, -0.15) is 0 Å². The molecule has 0 aliphatic carbocycles. The largest absolute Gasteiger partial charge is 0.491 e. The number of benzene rings is 1. The molecular weight excluding hydrogens is 228 g/mol. The third kappa shape index (κ3) is 3.42. The van der Waals surface area contributed by atoms with Crippen LogP contribution in [0.15, 0.2) is 29.8 Å². The average Bonchev–Trinajstić information content (AvgIpc) is 2.75. The number of rotatable bonds is 5. The highest BCUT2D eigenvalue weighted by Gasteiger charge is 2.14. The number of ether oxygens (including phenoxy) is 3. The van der Waals surface area contributed by atoms with E-state index < -0.39 is 0 Å². The number of fused-ring (bicyclic) bond motifs is 1. The van der Waals surface area contributed by atoms with Crippen LogP contribution in [0.25, 0.3) is 0 Å². The molecule has 1 aromatic rings. The molecule has 0 saturated heterocycles. The van der Waals surface area contributed by atoms with Gasteiger partial charge >= 0.3 is 0 Å². The van der Waals surface area contributed by atoms with Gasteiger partial charge in [0, 0.05) is 6.07 Å². The van der Waals surface area contributed by atoms with E-state index in [-0.39, 0.29) is 6.10 Å². The molecular formula is C15H20O3. The molecule has 1 atom stereocenters. The Morgan fingerprint density at radius 2 is 2.11 bits per heavy atom. The molecule has 3 nitrogen and oxygen atoms in total. The highest BCUT2D eigenvalue weighted by atomic mass is 16.7. The third-order valence-electron chi connectivity index (χ3n) is 2.81. The quantitative estimate of drug-likeness (QED) is 0.739. The van der Waals surface area contributed by atoms with Crippen LogP contribution in [0.4, 0.5) is 0 Å². The van der Waals surface area contributed by atoms with Crippen LogP contribution < -0.4 is 14.2 Å². The molecule has 98 valence electrons. The second-order valence-electron chi connectivity index (χ2n) is 4.80. The summed E-state index contributed by atoms with van der Waals surface area (Å²) in [6, 6.07) is 5.70. The van der Waals surface area contributed by atoms with Crippen LogP contribution in [-0.2, 0) is 0 Å². The molecule has 0 saturated carbocycles. The van der Waals surface area contributed by atoms with Crippen molar-refractivity contribution < 1.29 is 14.2 Å². The van der Waals surface area contributed by atoms with E-state index in [2.05, 4.69) is 26.8 Å². The first-order valence-corrected chi connectivity index (χ1v) is 6.35. The molecule has 1 aromatic carbocycles. The predicted octanol–water partition coefficient (Wildman–Crippen LogP) is 3.93. The Morgan fingerprint density at radius 1 is 1.33 bits per heavy atom. The maximum atomic E-state index is 5.86.